The molecule has 1 aromatic rings. The number of anilines is 1. The molecular formula is C23H33N3O3. The van der Waals surface area contributed by atoms with E-state index < -0.39 is 0 Å². The van der Waals surface area contributed by atoms with Crippen LogP contribution >= 0.6 is 0 Å². The largest absolute Gasteiger partial charge is 0.363 e. The predicted molar refractivity (Wildman–Crippen MR) is 113 cm³/mol. The topological polar surface area (TPSA) is 53.1 Å². The molecule has 6 heteroatoms. The van der Waals surface area contributed by atoms with Crippen LogP contribution < -0.4 is 4.90 Å². The first kappa shape index (κ1) is 20.4. The van der Waals surface area contributed by atoms with Gasteiger partial charge in [0.15, 0.2) is 0 Å². The van der Waals surface area contributed by atoms with Crippen LogP contribution in [-0.4, -0.2) is 73.1 Å². The van der Waals surface area contributed by atoms with Crippen LogP contribution in [0.3, 0.4) is 0 Å². The monoisotopic (exact) mass is 399 g/mol. The maximum atomic E-state index is 12.9. The molecule has 0 aromatic heterocycles. The summed E-state index contributed by atoms with van der Waals surface area (Å²) in [5.41, 5.74) is 0.575. The van der Waals surface area contributed by atoms with E-state index in [4.69, 9.17) is 4.74 Å². The Morgan fingerprint density at radius 1 is 1.14 bits per heavy atom. The normalized spacial score (nSPS) is 26.3. The molecule has 0 bridgehead atoms. The third-order valence-electron chi connectivity index (χ3n) is 6.90. The zero-order chi connectivity index (χ0) is 20.3. The maximum Gasteiger partial charge on any atom is 0.253 e. The summed E-state index contributed by atoms with van der Waals surface area (Å²) in [5.74, 6) is 0.237. The molecule has 1 atom stereocenters. The van der Waals surface area contributed by atoms with Crippen LogP contribution in [0.4, 0.5) is 5.69 Å². The number of benzene rings is 1. The van der Waals surface area contributed by atoms with Crippen molar-refractivity contribution in [1.29, 1.82) is 0 Å². The number of hydrogen-bond acceptors (Lipinski definition) is 4. The van der Waals surface area contributed by atoms with Gasteiger partial charge in [-0.1, -0.05) is 31.0 Å². The molecule has 3 fully saturated rings. The van der Waals surface area contributed by atoms with E-state index in [1.165, 1.54) is 25.7 Å². The van der Waals surface area contributed by atoms with Gasteiger partial charge in [0.25, 0.3) is 5.91 Å². The van der Waals surface area contributed by atoms with Gasteiger partial charge in [-0.15, -0.1) is 0 Å². The number of nitrogens with zero attached hydrogens (tertiary/aromatic N) is 3. The Morgan fingerprint density at radius 2 is 1.90 bits per heavy atom. The number of ether oxygens (including phenoxy) is 1. The summed E-state index contributed by atoms with van der Waals surface area (Å²) in [6.45, 7) is 2.68. The number of para-hydroxylation sites is 1. The summed E-state index contributed by atoms with van der Waals surface area (Å²) in [7, 11) is 2.08. The Kier molecular flexibility index (Phi) is 6.20. The Labute approximate surface area is 173 Å². The van der Waals surface area contributed by atoms with E-state index in [2.05, 4.69) is 11.9 Å². The minimum absolute atomic E-state index is 0.0113. The predicted octanol–water partition coefficient (Wildman–Crippen LogP) is 2.68. The molecule has 6 nitrogen and oxygen atoms in total. The molecule has 158 valence electrons. The van der Waals surface area contributed by atoms with Crippen molar-refractivity contribution in [2.45, 2.75) is 56.6 Å². The fraction of sp³-hybridized carbons (Fsp3) is 0.652. The lowest BCUT2D eigenvalue weighted by Crippen LogP contribution is -2.55. The van der Waals surface area contributed by atoms with Crippen molar-refractivity contribution in [3.05, 3.63) is 30.3 Å². The molecule has 2 aliphatic heterocycles. The van der Waals surface area contributed by atoms with Crippen molar-refractivity contribution in [2.24, 2.45) is 0 Å². The molecule has 1 aliphatic carbocycles. The van der Waals surface area contributed by atoms with E-state index in [1.807, 2.05) is 40.1 Å². The molecule has 1 aromatic carbocycles. The van der Waals surface area contributed by atoms with E-state index >= 15 is 0 Å². The number of amides is 2. The highest BCUT2D eigenvalue weighted by Gasteiger charge is 2.42. The standard InChI is InChI=1S/C23H33N3O3/c1-24(19-8-5-6-9-19)16-21(27)25-14-7-12-23(13-15-25)18-26(22(28)17-29-23)20-10-3-2-4-11-20/h2-4,10-11,19H,5-9,12-18H2,1H3. The molecule has 29 heavy (non-hydrogen) atoms. The third-order valence-corrected chi connectivity index (χ3v) is 6.90. The minimum Gasteiger partial charge on any atom is -0.363 e. The Balaban J connectivity index is 1.37. The van der Waals surface area contributed by atoms with Gasteiger partial charge >= 0.3 is 0 Å². The van der Waals surface area contributed by atoms with Crippen LogP contribution in [0.1, 0.15) is 44.9 Å². The first-order chi connectivity index (χ1) is 14.1. The van der Waals surface area contributed by atoms with Crippen molar-refractivity contribution >= 4 is 17.5 Å². The number of carbonyl (C=O) groups is 2. The Bertz CT molecular complexity index is 719. The van der Waals surface area contributed by atoms with Gasteiger partial charge in [-0.05, 0) is 51.3 Å². The van der Waals surface area contributed by atoms with Crippen molar-refractivity contribution in [3.63, 3.8) is 0 Å². The van der Waals surface area contributed by atoms with Gasteiger partial charge in [-0.2, -0.15) is 0 Å². The number of likely N-dealkylation sites (N-methyl/N-ethyl adjacent to an activating group) is 1. The lowest BCUT2D eigenvalue weighted by atomic mass is 9.92. The second-order valence-corrected chi connectivity index (χ2v) is 8.87. The van der Waals surface area contributed by atoms with Crippen LogP contribution in [0.5, 0.6) is 0 Å². The second-order valence-electron chi connectivity index (χ2n) is 8.87. The van der Waals surface area contributed by atoms with Crippen molar-refractivity contribution in [1.82, 2.24) is 9.80 Å². The number of morpholine rings is 1. The van der Waals surface area contributed by atoms with Gasteiger partial charge in [0.05, 0.1) is 18.7 Å². The number of carbonyl (C=O) groups excluding carboxylic acids is 2. The van der Waals surface area contributed by atoms with Crippen molar-refractivity contribution < 1.29 is 14.3 Å². The fourth-order valence-corrected chi connectivity index (χ4v) is 5.06. The first-order valence-corrected chi connectivity index (χ1v) is 11.0. The highest BCUT2D eigenvalue weighted by molar-refractivity contribution is 5.95. The van der Waals surface area contributed by atoms with E-state index in [0.717, 1.165) is 31.5 Å². The first-order valence-electron chi connectivity index (χ1n) is 11.0. The summed E-state index contributed by atoms with van der Waals surface area (Å²) < 4.78 is 6.10. The van der Waals surface area contributed by atoms with Gasteiger partial charge < -0.3 is 14.5 Å². The molecule has 0 radical (unpaired) electrons. The molecule has 1 unspecified atom stereocenters. The van der Waals surface area contributed by atoms with Gasteiger partial charge in [0, 0.05) is 24.8 Å². The Hall–Kier alpha value is -1.92. The highest BCUT2D eigenvalue weighted by atomic mass is 16.5. The zero-order valence-corrected chi connectivity index (χ0v) is 17.5. The third kappa shape index (κ3) is 4.64. The molecule has 2 saturated heterocycles. The molecule has 2 amide bonds. The highest BCUT2D eigenvalue weighted by Crippen LogP contribution is 2.33. The maximum absolute atomic E-state index is 12.9. The fourth-order valence-electron chi connectivity index (χ4n) is 5.06. The number of hydrogen-bond donors (Lipinski definition) is 0. The van der Waals surface area contributed by atoms with Crippen LogP contribution in [-0.2, 0) is 14.3 Å². The number of likely N-dealkylation sites (tertiary alicyclic amines) is 1. The molecular weight excluding hydrogens is 366 g/mol. The lowest BCUT2D eigenvalue weighted by molar-refractivity contribution is -0.141. The van der Waals surface area contributed by atoms with Crippen LogP contribution in [0.25, 0.3) is 0 Å². The Morgan fingerprint density at radius 3 is 2.66 bits per heavy atom. The molecule has 0 N–H and O–H groups in total. The van der Waals surface area contributed by atoms with Crippen molar-refractivity contribution in [2.75, 3.05) is 44.7 Å². The van der Waals surface area contributed by atoms with E-state index in [1.54, 1.807) is 0 Å². The van der Waals surface area contributed by atoms with Crippen LogP contribution in [0, 0.1) is 0 Å². The van der Waals surface area contributed by atoms with Crippen LogP contribution in [0.2, 0.25) is 0 Å². The van der Waals surface area contributed by atoms with Crippen LogP contribution in [0.15, 0.2) is 30.3 Å². The summed E-state index contributed by atoms with van der Waals surface area (Å²) in [4.78, 5) is 31.5. The SMILES string of the molecule is CN(CC(=O)N1CCCC2(CC1)CN(c1ccccc1)C(=O)CO2)C1CCCC1. The van der Waals surface area contributed by atoms with E-state index in [9.17, 15) is 9.59 Å². The average Bonchev–Trinajstić information content (AvgIpc) is 3.20. The van der Waals surface area contributed by atoms with E-state index in [-0.39, 0.29) is 24.0 Å². The molecule has 1 saturated carbocycles. The van der Waals surface area contributed by atoms with E-state index in [0.29, 0.717) is 25.7 Å². The molecule has 1 spiro atoms. The minimum atomic E-state index is -0.351. The summed E-state index contributed by atoms with van der Waals surface area (Å²) in [5, 5.41) is 0. The van der Waals surface area contributed by atoms with Gasteiger partial charge in [-0.25, -0.2) is 0 Å². The smallest absolute Gasteiger partial charge is 0.253 e. The lowest BCUT2D eigenvalue weighted by Gasteiger charge is -2.42. The van der Waals surface area contributed by atoms with Crippen molar-refractivity contribution in [3.8, 4) is 0 Å². The summed E-state index contributed by atoms with van der Waals surface area (Å²) >= 11 is 0. The molecule has 2 heterocycles. The average molecular weight is 400 g/mol. The van der Waals surface area contributed by atoms with Gasteiger partial charge in [-0.3, -0.25) is 14.5 Å². The van der Waals surface area contributed by atoms with Gasteiger partial charge in [0.2, 0.25) is 5.91 Å². The summed E-state index contributed by atoms with van der Waals surface area (Å²) in [6.07, 6.45) is 7.56. The second kappa shape index (κ2) is 8.84. The molecule has 4 rings (SSSR count). The zero-order valence-electron chi connectivity index (χ0n) is 17.5. The quantitative estimate of drug-likeness (QED) is 0.781. The number of rotatable bonds is 4. The van der Waals surface area contributed by atoms with Gasteiger partial charge in [0.1, 0.15) is 6.61 Å². The molecule has 3 aliphatic rings. The summed E-state index contributed by atoms with van der Waals surface area (Å²) in [6, 6.07) is 10.4.